The van der Waals surface area contributed by atoms with Gasteiger partial charge < -0.3 is 39.7 Å². The van der Waals surface area contributed by atoms with Gasteiger partial charge in [-0.15, -0.1) is 0 Å². The molecule has 0 spiro atoms. The molecule has 0 unspecified atom stereocenters. The molecule has 8 rings (SSSR count). The quantitative estimate of drug-likeness (QED) is 0.0464. The number of ether oxygens (including phenoxy) is 2. The van der Waals surface area contributed by atoms with Crippen LogP contribution in [0.2, 0.25) is 0 Å². The molecule has 5 N–H and O–H groups in total. The number of hydrogen-bond donors (Lipinski definition) is 5. The number of nitrogens with one attached hydrogen (secondary N) is 4. The van der Waals surface area contributed by atoms with E-state index in [0.29, 0.717) is 76.6 Å². The summed E-state index contributed by atoms with van der Waals surface area (Å²) in [6.45, 7) is 3.59. The van der Waals surface area contributed by atoms with E-state index in [2.05, 4.69) is 77.3 Å². The number of hydrogen-bond acceptors (Lipinski definition) is 11. The van der Waals surface area contributed by atoms with Crippen LogP contribution in [0.4, 0.5) is 24.8 Å². The van der Waals surface area contributed by atoms with E-state index in [1.807, 2.05) is 28.8 Å². The average Bonchev–Trinajstić information content (AvgIpc) is 3.78. The van der Waals surface area contributed by atoms with Crippen molar-refractivity contribution in [3.8, 4) is 11.1 Å². The number of carbonyl (C=O) groups excluding carboxylic acids is 2. The Labute approximate surface area is 350 Å². The molecule has 2 aliphatic rings. The summed E-state index contributed by atoms with van der Waals surface area (Å²) in [5.41, 5.74) is 6.22. The second kappa shape index (κ2) is 19.0. The summed E-state index contributed by atoms with van der Waals surface area (Å²) >= 11 is 0. The fourth-order valence-electron chi connectivity index (χ4n) is 8.27. The van der Waals surface area contributed by atoms with Crippen LogP contribution in [0.1, 0.15) is 62.6 Å². The number of benzene rings is 2. The molecule has 6 aromatic rings. The molecule has 61 heavy (non-hydrogen) atoms. The van der Waals surface area contributed by atoms with Gasteiger partial charge in [0.15, 0.2) is 0 Å². The number of aliphatic hydroxyl groups is 1. The molecule has 2 amide bonds. The lowest BCUT2D eigenvalue weighted by molar-refractivity contribution is -0.135. The van der Waals surface area contributed by atoms with E-state index in [0.717, 1.165) is 56.9 Å². The Morgan fingerprint density at radius 1 is 0.836 bits per heavy atom. The van der Waals surface area contributed by atoms with E-state index < -0.39 is 18.6 Å². The monoisotopic (exact) mass is 841 g/mol. The van der Waals surface area contributed by atoms with Crippen LogP contribution in [0.5, 0.6) is 0 Å². The first-order chi connectivity index (χ1) is 29.6. The lowest BCUT2D eigenvalue weighted by Crippen LogP contribution is -2.41. The molecule has 2 fully saturated rings. The molecule has 1 aliphatic heterocycles. The second-order valence-corrected chi connectivity index (χ2v) is 15.6. The van der Waals surface area contributed by atoms with Crippen molar-refractivity contribution in [3.63, 3.8) is 0 Å². The number of aromatic nitrogens is 5. The van der Waals surface area contributed by atoms with Crippen LogP contribution < -0.4 is 21.3 Å². The Hall–Kier alpha value is -5.62. The molecule has 4 aromatic heterocycles. The van der Waals surface area contributed by atoms with Crippen molar-refractivity contribution in [1.29, 1.82) is 0 Å². The van der Waals surface area contributed by atoms with E-state index in [1.54, 1.807) is 12.4 Å². The highest BCUT2D eigenvalue weighted by Gasteiger charge is 2.31. The van der Waals surface area contributed by atoms with Crippen LogP contribution in [0, 0.1) is 0 Å². The fourth-order valence-corrected chi connectivity index (χ4v) is 8.27. The molecule has 17 heteroatoms. The third-order valence-electron chi connectivity index (χ3n) is 11.4. The van der Waals surface area contributed by atoms with Crippen LogP contribution in [-0.2, 0) is 25.6 Å². The Balaban J connectivity index is 0.763. The van der Waals surface area contributed by atoms with Gasteiger partial charge in [0.05, 0.1) is 44.5 Å². The minimum atomic E-state index is -4.27. The van der Waals surface area contributed by atoms with E-state index in [4.69, 9.17) is 9.47 Å². The first-order valence-corrected chi connectivity index (χ1v) is 20.9. The zero-order valence-electron chi connectivity index (χ0n) is 33.7. The molecule has 2 aromatic carbocycles. The number of fused-ring (bicyclic) bond motifs is 4. The minimum absolute atomic E-state index is 0.120. The molecular formula is C44H50F3N9O5. The van der Waals surface area contributed by atoms with E-state index >= 15 is 0 Å². The van der Waals surface area contributed by atoms with Gasteiger partial charge in [-0.05, 0) is 73.6 Å². The summed E-state index contributed by atoms with van der Waals surface area (Å²) in [5.74, 6) is -0.398. The molecule has 0 radical (unpaired) electrons. The normalized spacial score (nSPS) is 18.6. The smallest absolute Gasteiger partial charge is 0.390 e. The molecule has 1 aliphatic carbocycles. The van der Waals surface area contributed by atoms with Crippen molar-refractivity contribution < 1.29 is 37.3 Å². The lowest BCUT2D eigenvalue weighted by atomic mass is 9.93. The number of anilines is 2. The summed E-state index contributed by atoms with van der Waals surface area (Å²) in [6.07, 6.45) is 3.54. The van der Waals surface area contributed by atoms with Gasteiger partial charge in [0.25, 0.3) is 0 Å². The van der Waals surface area contributed by atoms with Crippen LogP contribution in [0.15, 0.2) is 73.2 Å². The maximum absolute atomic E-state index is 12.7. The lowest BCUT2D eigenvalue weighted by Gasteiger charge is -2.27. The highest BCUT2D eigenvalue weighted by atomic mass is 19.4. The number of halogens is 3. The van der Waals surface area contributed by atoms with E-state index in [-0.39, 0.29) is 42.9 Å². The Morgan fingerprint density at radius 3 is 2.39 bits per heavy atom. The number of nitrogens with zero attached hydrogens (tertiary/aromatic N) is 5. The first kappa shape index (κ1) is 42.1. The van der Waals surface area contributed by atoms with Crippen molar-refractivity contribution in [1.82, 2.24) is 34.7 Å². The number of alkyl halides is 3. The maximum Gasteiger partial charge on any atom is 0.390 e. The van der Waals surface area contributed by atoms with Gasteiger partial charge in [-0.1, -0.05) is 24.3 Å². The predicted octanol–water partition coefficient (Wildman–Crippen LogP) is 6.65. The zero-order chi connectivity index (χ0) is 42.3. The van der Waals surface area contributed by atoms with Crippen LogP contribution in [0.25, 0.3) is 44.1 Å². The molecule has 0 bridgehead atoms. The number of amides is 2. The standard InChI is InChI=1S/C44H50F3N9O5/c45-44(46,47)15-17-51-43-52-26-35-36(27-55(41(35)54-43)31-8-10-32(57)11-9-31)29-5-3-28(4-6-29)25-48-18-20-60-22-23-61-21-19-49-30-7-12-37-34(24-30)33-2-1-16-50-40(33)56(37)38-13-14-39(58)53-42(38)59/h1-7,12,16,24,26-27,31-32,38,48-49,57H,8-11,13-15,17-23,25H2,(H,51,52,54)(H,53,58,59)/t31?,32?,38-/m0/s1. The first-order valence-electron chi connectivity index (χ1n) is 20.9. The van der Waals surface area contributed by atoms with Gasteiger partial charge in [-0.3, -0.25) is 14.9 Å². The van der Waals surface area contributed by atoms with Crippen molar-refractivity contribution in [2.24, 2.45) is 0 Å². The SMILES string of the molecule is O=C1CC[C@H](n2c3ccc(NCCOCCOCCNCc4ccc(-c5cn(C6CCC(O)CC6)c6nc(NCCC(F)(F)F)ncc56)cc4)cc3c3cccnc32)C(=O)N1. The summed E-state index contributed by atoms with van der Waals surface area (Å²) in [7, 11) is 0. The molecule has 5 heterocycles. The van der Waals surface area contributed by atoms with Gasteiger partial charge in [-0.25, -0.2) is 9.97 Å². The molecule has 14 nitrogen and oxygen atoms in total. The van der Waals surface area contributed by atoms with Crippen molar-refractivity contribution >= 4 is 56.4 Å². The molecule has 1 saturated carbocycles. The highest BCUT2D eigenvalue weighted by molar-refractivity contribution is 6.09. The van der Waals surface area contributed by atoms with Gasteiger partial charge in [0.2, 0.25) is 17.8 Å². The zero-order valence-corrected chi connectivity index (χ0v) is 33.7. The van der Waals surface area contributed by atoms with E-state index in [1.165, 1.54) is 0 Å². The Kier molecular flexibility index (Phi) is 13.1. The predicted molar refractivity (Wildman–Crippen MR) is 226 cm³/mol. The second-order valence-electron chi connectivity index (χ2n) is 15.6. The fraction of sp³-hybridized carbons (Fsp3) is 0.432. The number of pyridine rings is 1. The average molecular weight is 842 g/mol. The minimum Gasteiger partial charge on any atom is -0.393 e. The molecule has 1 atom stereocenters. The Bertz CT molecular complexity index is 2460. The van der Waals surface area contributed by atoms with Gasteiger partial charge in [0.1, 0.15) is 17.3 Å². The summed E-state index contributed by atoms with van der Waals surface area (Å²) in [4.78, 5) is 38.1. The largest absolute Gasteiger partial charge is 0.393 e. The number of imide groups is 1. The summed E-state index contributed by atoms with van der Waals surface area (Å²) in [5, 5.41) is 24.8. The van der Waals surface area contributed by atoms with Crippen LogP contribution in [-0.4, -0.2) is 99.3 Å². The third-order valence-corrected chi connectivity index (χ3v) is 11.4. The van der Waals surface area contributed by atoms with Gasteiger partial charge in [0, 0.05) is 84.6 Å². The highest BCUT2D eigenvalue weighted by Crippen LogP contribution is 2.38. The van der Waals surface area contributed by atoms with Gasteiger partial charge in [-0.2, -0.15) is 18.2 Å². The number of rotatable bonds is 18. The van der Waals surface area contributed by atoms with Crippen molar-refractivity contribution in [2.45, 2.75) is 75.9 Å². The Morgan fingerprint density at radius 2 is 1.62 bits per heavy atom. The van der Waals surface area contributed by atoms with Crippen molar-refractivity contribution in [3.05, 3.63) is 78.8 Å². The van der Waals surface area contributed by atoms with E-state index in [9.17, 15) is 27.9 Å². The molecule has 322 valence electrons. The number of piperidine rings is 1. The molecule has 1 saturated heterocycles. The third kappa shape index (κ3) is 10.1. The number of carbonyl (C=O) groups is 2. The maximum atomic E-state index is 12.7. The van der Waals surface area contributed by atoms with Crippen molar-refractivity contribution in [2.75, 3.05) is 56.7 Å². The van der Waals surface area contributed by atoms with Crippen LogP contribution in [0.3, 0.4) is 0 Å². The number of aliphatic hydroxyl groups excluding tert-OH is 1. The van der Waals surface area contributed by atoms with Gasteiger partial charge >= 0.3 is 6.18 Å². The summed E-state index contributed by atoms with van der Waals surface area (Å²) < 4.78 is 53.8. The topological polar surface area (TPSA) is 169 Å². The summed E-state index contributed by atoms with van der Waals surface area (Å²) in [6, 6.07) is 17.7. The molecular weight excluding hydrogens is 792 g/mol. The van der Waals surface area contributed by atoms with Crippen LogP contribution >= 0.6 is 0 Å².